The SMILES string of the molecule is CCCCCCOc1ccc(-c2cc(-c3ccccc3)cc(-c3ncncn3)c2)c(O)c1. The predicted molar refractivity (Wildman–Crippen MR) is 127 cm³/mol. The number of hydrogen-bond acceptors (Lipinski definition) is 5. The lowest BCUT2D eigenvalue weighted by atomic mass is 9.95. The molecule has 0 radical (unpaired) electrons. The maximum absolute atomic E-state index is 10.8. The molecule has 4 aromatic rings. The highest BCUT2D eigenvalue weighted by atomic mass is 16.5. The highest BCUT2D eigenvalue weighted by Gasteiger charge is 2.12. The zero-order valence-electron chi connectivity index (χ0n) is 18.2. The van der Waals surface area contributed by atoms with Crippen molar-refractivity contribution in [1.29, 1.82) is 0 Å². The van der Waals surface area contributed by atoms with Gasteiger partial charge in [-0.15, -0.1) is 0 Å². The molecule has 1 N–H and O–H groups in total. The molecule has 0 fully saturated rings. The maximum atomic E-state index is 10.8. The Morgan fingerprint density at radius 1 is 0.750 bits per heavy atom. The molecule has 0 saturated heterocycles. The number of unbranched alkanes of at least 4 members (excludes halogenated alkanes) is 3. The van der Waals surface area contributed by atoms with Gasteiger partial charge in [0.25, 0.3) is 0 Å². The van der Waals surface area contributed by atoms with Gasteiger partial charge in [0.15, 0.2) is 5.82 Å². The van der Waals surface area contributed by atoms with Crippen LogP contribution in [-0.2, 0) is 0 Å². The molecule has 0 spiro atoms. The summed E-state index contributed by atoms with van der Waals surface area (Å²) < 4.78 is 5.82. The van der Waals surface area contributed by atoms with Crippen LogP contribution in [0.4, 0.5) is 0 Å². The molecule has 3 aromatic carbocycles. The fourth-order valence-electron chi connectivity index (χ4n) is 3.66. The summed E-state index contributed by atoms with van der Waals surface area (Å²) in [5.41, 5.74) is 4.58. The molecule has 0 unspecified atom stereocenters. The molecule has 162 valence electrons. The van der Waals surface area contributed by atoms with Crippen LogP contribution in [0.5, 0.6) is 11.5 Å². The molecule has 32 heavy (non-hydrogen) atoms. The normalized spacial score (nSPS) is 10.8. The van der Waals surface area contributed by atoms with Crippen LogP contribution < -0.4 is 4.74 Å². The molecule has 0 atom stereocenters. The second kappa shape index (κ2) is 10.5. The number of rotatable bonds is 9. The van der Waals surface area contributed by atoms with Gasteiger partial charge in [0.2, 0.25) is 0 Å². The highest BCUT2D eigenvalue weighted by Crippen LogP contribution is 2.37. The van der Waals surface area contributed by atoms with E-state index in [4.69, 9.17) is 4.74 Å². The van der Waals surface area contributed by atoms with Gasteiger partial charge in [0.1, 0.15) is 24.2 Å². The number of benzene rings is 3. The van der Waals surface area contributed by atoms with Gasteiger partial charge in [-0.2, -0.15) is 0 Å². The second-order valence-electron chi connectivity index (χ2n) is 7.71. The van der Waals surface area contributed by atoms with Crippen LogP contribution in [0.2, 0.25) is 0 Å². The van der Waals surface area contributed by atoms with E-state index in [0.717, 1.165) is 40.7 Å². The summed E-state index contributed by atoms with van der Waals surface area (Å²) in [6.07, 6.45) is 7.57. The second-order valence-corrected chi connectivity index (χ2v) is 7.71. The van der Waals surface area contributed by atoms with Gasteiger partial charge >= 0.3 is 0 Å². The van der Waals surface area contributed by atoms with Crippen LogP contribution in [-0.4, -0.2) is 26.7 Å². The van der Waals surface area contributed by atoms with Crippen LogP contribution in [0.1, 0.15) is 32.6 Å². The van der Waals surface area contributed by atoms with Crippen LogP contribution in [0.15, 0.2) is 79.4 Å². The zero-order valence-corrected chi connectivity index (χ0v) is 18.2. The Hall–Kier alpha value is -3.73. The number of aromatic hydroxyl groups is 1. The predicted octanol–water partition coefficient (Wildman–Crippen LogP) is 6.54. The largest absolute Gasteiger partial charge is 0.507 e. The molecule has 1 heterocycles. The minimum absolute atomic E-state index is 0.183. The van der Waals surface area contributed by atoms with Crippen molar-refractivity contribution in [1.82, 2.24) is 15.0 Å². The first-order chi connectivity index (χ1) is 15.7. The van der Waals surface area contributed by atoms with Crippen LogP contribution in [0.25, 0.3) is 33.6 Å². The minimum atomic E-state index is 0.183. The van der Waals surface area contributed by atoms with Crippen molar-refractivity contribution in [3.05, 3.63) is 79.4 Å². The van der Waals surface area contributed by atoms with E-state index in [1.165, 1.54) is 25.5 Å². The molecular formula is C27H27N3O2. The fraction of sp³-hybridized carbons (Fsp3) is 0.222. The smallest absolute Gasteiger partial charge is 0.162 e. The number of hydrogen-bond donors (Lipinski definition) is 1. The van der Waals surface area contributed by atoms with Gasteiger partial charge in [0, 0.05) is 17.2 Å². The van der Waals surface area contributed by atoms with E-state index in [9.17, 15) is 5.11 Å². The van der Waals surface area contributed by atoms with Crippen LogP contribution in [0, 0.1) is 0 Å². The summed E-state index contributed by atoms with van der Waals surface area (Å²) in [6.45, 7) is 2.85. The highest BCUT2D eigenvalue weighted by molar-refractivity contribution is 5.81. The van der Waals surface area contributed by atoms with Crippen molar-refractivity contribution in [2.24, 2.45) is 0 Å². The van der Waals surface area contributed by atoms with E-state index in [1.807, 2.05) is 36.4 Å². The third-order valence-electron chi connectivity index (χ3n) is 5.34. The molecule has 0 aliphatic carbocycles. The molecular weight excluding hydrogens is 398 g/mol. The third kappa shape index (κ3) is 5.30. The Kier molecular flexibility index (Phi) is 7.08. The monoisotopic (exact) mass is 425 g/mol. The Labute approximate surface area is 188 Å². The summed E-state index contributed by atoms with van der Waals surface area (Å²) >= 11 is 0. The number of nitrogens with zero attached hydrogens (tertiary/aromatic N) is 3. The average Bonchev–Trinajstić information content (AvgIpc) is 2.85. The average molecular weight is 426 g/mol. The number of phenols is 1. The van der Waals surface area contributed by atoms with E-state index in [1.54, 1.807) is 6.07 Å². The maximum Gasteiger partial charge on any atom is 0.162 e. The van der Waals surface area contributed by atoms with Crippen molar-refractivity contribution in [3.63, 3.8) is 0 Å². The van der Waals surface area contributed by atoms with Gasteiger partial charge in [-0.3, -0.25) is 0 Å². The zero-order chi connectivity index (χ0) is 22.2. The molecule has 0 bridgehead atoms. The topological polar surface area (TPSA) is 68.1 Å². The summed E-state index contributed by atoms with van der Waals surface area (Å²) in [7, 11) is 0. The standard InChI is InChI=1S/C27H27N3O2/c1-2-3-4-8-13-32-24-11-12-25(26(31)17-24)22-14-21(20-9-6-5-7-10-20)15-23(16-22)27-29-18-28-19-30-27/h5-7,9-12,14-19,31H,2-4,8,13H2,1H3. The summed E-state index contributed by atoms with van der Waals surface area (Å²) in [5, 5.41) is 10.8. The molecule has 0 aliphatic rings. The molecule has 0 amide bonds. The lowest BCUT2D eigenvalue weighted by Crippen LogP contribution is -1.97. The lowest BCUT2D eigenvalue weighted by molar-refractivity contribution is 0.303. The van der Waals surface area contributed by atoms with E-state index < -0.39 is 0 Å². The van der Waals surface area contributed by atoms with Crippen molar-refractivity contribution >= 4 is 0 Å². The van der Waals surface area contributed by atoms with Crippen molar-refractivity contribution in [3.8, 4) is 45.1 Å². The number of aromatic nitrogens is 3. The van der Waals surface area contributed by atoms with Crippen LogP contribution in [0.3, 0.4) is 0 Å². The van der Waals surface area contributed by atoms with Crippen LogP contribution >= 0.6 is 0 Å². The third-order valence-corrected chi connectivity index (χ3v) is 5.34. The van der Waals surface area contributed by atoms with Crippen molar-refractivity contribution < 1.29 is 9.84 Å². The molecule has 0 aliphatic heterocycles. The molecule has 0 saturated carbocycles. The van der Waals surface area contributed by atoms with Gasteiger partial charge in [-0.1, -0.05) is 56.5 Å². The van der Waals surface area contributed by atoms with Crippen molar-refractivity contribution in [2.45, 2.75) is 32.6 Å². The Morgan fingerprint density at radius 3 is 2.25 bits per heavy atom. The number of phenolic OH excluding ortho intramolecular Hbond substituents is 1. The first-order valence-corrected chi connectivity index (χ1v) is 11.0. The van der Waals surface area contributed by atoms with Gasteiger partial charge < -0.3 is 9.84 Å². The van der Waals surface area contributed by atoms with E-state index in [0.29, 0.717) is 18.2 Å². The van der Waals surface area contributed by atoms with Gasteiger partial charge in [-0.25, -0.2) is 15.0 Å². The first-order valence-electron chi connectivity index (χ1n) is 11.0. The number of ether oxygens (including phenoxy) is 1. The lowest BCUT2D eigenvalue weighted by Gasteiger charge is -2.13. The van der Waals surface area contributed by atoms with Gasteiger partial charge in [0.05, 0.1) is 6.61 Å². The van der Waals surface area contributed by atoms with Crippen molar-refractivity contribution in [2.75, 3.05) is 6.61 Å². The van der Waals surface area contributed by atoms with E-state index in [-0.39, 0.29) is 5.75 Å². The Bertz CT molecular complexity index is 1090. The molecule has 5 nitrogen and oxygen atoms in total. The molecule has 1 aromatic heterocycles. The summed E-state index contributed by atoms with van der Waals surface area (Å²) in [6, 6.07) is 21.7. The summed E-state index contributed by atoms with van der Waals surface area (Å²) in [5.74, 6) is 1.45. The first kappa shape index (κ1) is 21.5. The fourth-order valence-corrected chi connectivity index (χ4v) is 3.66. The minimum Gasteiger partial charge on any atom is -0.507 e. The Balaban J connectivity index is 1.66. The summed E-state index contributed by atoms with van der Waals surface area (Å²) in [4.78, 5) is 12.5. The van der Waals surface area contributed by atoms with E-state index in [2.05, 4.69) is 46.1 Å². The quantitative estimate of drug-likeness (QED) is 0.309. The van der Waals surface area contributed by atoms with Gasteiger partial charge in [-0.05, 0) is 53.4 Å². The Morgan fingerprint density at radius 2 is 1.50 bits per heavy atom. The molecule has 5 heteroatoms. The molecule has 4 rings (SSSR count). The van der Waals surface area contributed by atoms with E-state index >= 15 is 0 Å².